The molecular weight excluding hydrogens is 727 g/mol. The average Bonchev–Trinajstić information content (AvgIpc) is 3.13. The molecule has 3 aromatic rings. The number of methoxy groups -OCH3 is 1. The van der Waals surface area contributed by atoms with Crippen LogP contribution in [0.1, 0.15) is 70.6 Å². The number of hydrogen-bond donors (Lipinski definition) is 1. The number of carboxylic acid groups (broad SMARTS) is 1. The summed E-state index contributed by atoms with van der Waals surface area (Å²) in [7, 11) is -4.83. The Morgan fingerprint density at radius 1 is 0.833 bits per heavy atom. The van der Waals surface area contributed by atoms with Crippen molar-refractivity contribution in [2.24, 2.45) is 0 Å². The van der Waals surface area contributed by atoms with E-state index in [1.54, 1.807) is 19.2 Å². The van der Waals surface area contributed by atoms with Gasteiger partial charge in [-0.3, -0.25) is 4.18 Å². The molecule has 1 aliphatic rings. The Bertz CT molecular complexity index is 1690. The summed E-state index contributed by atoms with van der Waals surface area (Å²) in [6.45, 7) is 16.5. The first-order chi connectivity index (χ1) is 25.7. The van der Waals surface area contributed by atoms with Crippen LogP contribution in [0.2, 0.25) is 16.6 Å². The van der Waals surface area contributed by atoms with E-state index in [0.29, 0.717) is 32.0 Å². The first kappa shape index (κ1) is 43.3. The van der Waals surface area contributed by atoms with Crippen LogP contribution in [0.15, 0.2) is 77.7 Å². The van der Waals surface area contributed by atoms with E-state index < -0.39 is 36.7 Å². The molecule has 3 atom stereocenters. The minimum Gasteiger partial charge on any atom is -0.496 e. The molecule has 11 nitrogen and oxygen atoms in total. The number of piperidine rings is 1. The lowest BCUT2D eigenvalue weighted by atomic mass is 9.84. The Balaban J connectivity index is 1.50. The second-order valence-corrected chi connectivity index (χ2v) is 21.8. The van der Waals surface area contributed by atoms with Gasteiger partial charge in [0.25, 0.3) is 10.1 Å². The number of para-hydroxylation sites is 1. The molecule has 1 saturated heterocycles. The van der Waals surface area contributed by atoms with E-state index in [0.717, 1.165) is 22.4 Å². The third-order valence-corrected chi connectivity index (χ3v) is 17.8. The van der Waals surface area contributed by atoms with E-state index in [1.165, 1.54) is 17.0 Å². The van der Waals surface area contributed by atoms with Crippen molar-refractivity contribution in [2.75, 3.05) is 46.6 Å². The first-order valence-electron chi connectivity index (χ1n) is 18.8. The highest BCUT2D eigenvalue weighted by Crippen LogP contribution is 2.46. The molecule has 1 fully saturated rings. The highest BCUT2D eigenvalue weighted by molar-refractivity contribution is 7.86. The maximum atomic E-state index is 12.9. The Morgan fingerprint density at radius 3 is 2.07 bits per heavy atom. The molecule has 54 heavy (non-hydrogen) atoms. The number of carbonyl (C=O) groups is 1. The normalized spacial score (nSPS) is 18.1. The predicted molar refractivity (Wildman–Crippen MR) is 212 cm³/mol. The fourth-order valence-corrected chi connectivity index (χ4v) is 14.2. The van der Waals surface area contributed by atoms with Crippen LogP contribution in [-0.2, 0) is 34.8 Å². The standard InChI is InChI=1S/C41H59NO10SSi/c1-29(2)54(30(3)4,31(5)6)52-39-27-42(41(43)44)26-38(50-24-25-51-53(45,46)36-20-14-32(7)15-21-36)40(39)33-16-18-35(19-17-33)49-23-11-22-48-28-34-12-9-10-13-37(34)47-8/h9-10,12-21,29-31,38-40H,11,22-28H2,1-8H3,(H,43,44)/t38-,39+,40+/m0/s1. The monoisotopic (exact) mass is 785 g/mol. The topological polar surface area (TPSA) is 130 Å². The maximum absolute atomic E-state index is 12.9. The molecule has 0 bridgehead atoms. The Kier molecular flexibility index (Phi) is 16.0. The summed E-state index contributed by atoms with van der Waals surface area (Å²) in [4.78, 5) is 13.9. The number of amides is 1. The Labute approximate surface area is 323 Å². The van der Waals surface area contributed by atoms with Crippen molar-refractivity contribution >= 4 is 24.5 Å². The molecule has 1 heterocycles. The largest absolute Gasteiger partial charge is 0.496 e. The molecular formula is C41H59NO10SSi. The smallest absolute Gasteiger partial charge is 0.407 e. The van der Waals surface area contributed by atoms with Gasteiger partial charge in [0.2, 0.25) is 8.32 Å². The minimum absolute atomic E-state index is 0.0616. The molecule has 3 aromatic carbocycles. The first-order valence-corrected chi connectivity index (χ1v) is 22.4. The summed E-state index contributed by atoms with van der Waals surface area (Å²) in [5.74, 6) is 1.16. The summed E-state index contributed by atoms with van der Waals surface area (Å²) >= 11 is 0. The van der Waals surface area contributed by atoms with Gasteiger partial charge in [-0.15, -0.1) is 0 Å². The van der Waals surface area contributed by atoms with Crippen LogP contribution in [0, 0.1) is 6.92 Å². The van der Waals surface area contributed by atoms with Crippen molar-refractivity contribution < 1.29 is 45.9 Å². The second kappa shape index (κ2) is 19.9. The van der Waals surface area contributed by atoms with Crippen molar-refractivity contribution in [1.82, 2.24) is 4.90 Å². The lowest BCUT2D eigenvalue weighted by molar-refractivity contribution is -0.0616. The van der Waals surface area contributed by atoms with Gasteiger partial charge in [0.15, 0.2) is 0 Å². The van der Waals surface area contributed by atoms with E-state index in [-0.39, 0.29) is 53.7 Å². The van der Waals surface area contributed by atoms with Crippen molar-refractivity contribution in [1.29, 1.82) is 0 Å². The van der Waals surface area contributed by atoms with E-state index in [4.69, 9.17) is 27.6 Å². The fraction of sp³-hybridized carbons (Fsp3) is 0.537. The van der Waals surface area contributed by atoms with E-state index in [1.807, 2.05) is 55.5 Å². The molecule has 0 radical (unpaired) electrons. The molecule has 0 saturated carbocycles. The number of benzene rings is 3. The van der Waals surface area contributed by atoms with Crippen molar-refractivity contribution in [2.45, 2.75) is 101 Å². The quantitative estimate of drug-likeness (QED) is 0.0677. The van der Waals surface area contributed by atoms with Crippen molar-refractivity contribution in [3.05, 3.63) is 89.5 Å². The number of hydrogen-bond acceptors (Lipinski definition) is 9. The number of ether oxygens (including phenoxy) is 4. The Hall–Kier alpha value is -3.46. The Morgan fingerprint density at radius 2 is 1.46 bits per heavy atom. The zero-order valence-corrected chi connectivity index (χ0v) is 34.8. The van der Waals surface area contributed by atoms with Gasteiger partial charge < -0.3 is 33.4 Å². The average molecular weight is 786 g/mol. The van der Waals surface area contributed by atoms with Gasteiger partial charge in [0, 0.05) is 24.4 Å². The number of likely N-dealkylation sites (tertiary alicyclic amines) is 1. The van der Waals surface area contributed by atoms with Crippen LogP contribution in [0.25, 0.3) is 0 Å². The molecule has 1 N–H and O–H groups in total. The van der Waals surface area contributed by atoms with Crippen molar-refractivity contribution in [3.8, 4) is 11.5 Å². The van der Waals surface area contributed by atoms with Crippen molar-refractivity contribution in [3.63, 3.8) is 0 Å². The summed E-state index contributed by atoms with van der Waals surface area (Å²) in [5, 5.41) is 10.2. The molecule has 0 aromatic heterocycles. The highest BCUT2D eigenvalue weighted by atomic mass is 32.2. The van der Waals surface area contributed by atoms with Gasteiger partial charge >= 0.3 is 6.09 Å². The molecule has 0 spiro atoms. The third kappa shape index (κ3) is 11.1. The van der Waals surface area contributed by atoms with Gasteiger partial charge in [0.1, 0.15) is 11.5 Å². The molecule has 4 rings (SSSR count). The van der Waals surface area contributed by atoms with Gasteiger partial charge in [-0.05, 0) is 59.4 Å². The summed E-state index contributed by atoms with van der Waals surface area (Å²) in [6.07, 6.45) is -1.49. The summed E-state index contributed by atoms with van der Waals surface area (Å²) in [5.41, 5.74) is 3.66. The third-order valence-electron chi connectivity index (χ3n) is 10.3. The van der Waals surface area contributed by atoms with Gasteiger partial charge in [-0.25, -0.2) is 4.79 Å². The zero-order chi connectivity index (χ0) is 39.5. The van der Waals surface area contributed by atoms with E-state index in [2.05, 4.69) is 41.5 Å². The van der Waals surface area contributed by atoms with Gasteiger partial charge in [-0.2, -0.15) is 8.42 Å². The second-order valence-electron chi connectivity index (χ2n) is 14.8. The summed E-state index contributed by atoms with van der Waals surface area (Å²) < 4.78 is 62.1. The lowest BCUT2D eigenvalue weighted by Crippen LogP contribution is -2.59. The molecule has 1 amide bonds. The molecule has 13 heteroatoms. The lowest BCUT2D eigenvalue weighted by Gasteiger charge is -2.50. The van der Waals surface area contributed by atoms with Crippen LogP contribution in [0.4, 0.5) is 4.79 Å². The SMILES string of the molecule is COc1ccccc1COCCCOc1ccc([C@@H]2[C@@H](OCCOS(=O)(=O)c3ccc(C)cc3)CN(C(=O)O)C[C@H]2O[Si](C(C)C)(C(C)C)C(C)C)cc1. The molecule has 0 unspecified atom stereocenters. The number of rotatable bonds is 20. The highest BCUT2D eigenvalue weighted by Gasteiger charge is 2.50. The van der Waals surface area contributed by atoms with Crippen LogP contribution < -0.4 is 9.47 Å². The summed E-state index contributed by atoms with van der Waals surface area (Å²) in [6, 6.07) is 22.0. The van der Waals surface area contributed by atoms with E-state index >= 15 is 0 Å². The van der Waals surface area contributed by atoms with Gasteiger partial charge in [-0.1, -0.05) is 89.6 Å². The van der Waals surface area contributed by atoms with Crippen LogP contribution in [-0.4, -0.2) is 91.7 Å². The minimum atomic E-state index is -4.00. The predicted octanol–water partition coefficient (Wildman–Crippen LogP) is 8.42. The molecule has 0 aliphatic carbocycles. The van der Waals surface area contributed by atoms with E-state index in [9.17, 15) is 18.3 Å². The molecule has 298 valence electrons. The van der Waals surface area contributed by atoms with Crippen LogP contribution >= 0.6 is 0 Å². The van der Waals surface area contributed by atoms with Crippen LogP contribution in [0.5, 0.6) is 11.5 Å². The molecule has 1 aliphatic heterocycles. The van der Waals surface area contributed by atoms with Gasteiger partial charge in [0.05, 0.1) is 63.8 Å². The number of aryl methyl sites for hydroxylation is 1. The fourth-order valence-electron chi connectivity index (χ4n) is 7.76. The maximum Gasteiger partial charge on any atom is 0.407 e. The zero-order valence-electron chi connectivity index (χ0n) is 33.0. The number of nitrogens with zero attached hydrogens (tertiary/aromatic N) is 1. The van der Waals surface area contributed by atoms with Crippen LogP contribution in [0.3, 0.4) is 0 Å².